The van der Waals surface area contributed by atoms with E-state index < -0.39 is 0 Å². The van der Waals surface area contributed by atoms with Gasteiger partial charge in [-0.2, -0.15) is 0 Å². The predicted molar refractivity (Wildman–Crippen MR) is 90.2 cm³/mol. The zero-order valence-electron chi connectivity index (χ0n) is 14.2. The summed E-state index contributed by atoms with van der Waals surface area (Å²) in [6.07, 6.45) is 1.41. The molecule has 6 nitrogen and oxygen atoms in total. The van der Waals surface area contributed by atoms with Crippen LogP contribution in [-0.2, 0) is 9.59 Å². The number of benzene rings is 1. The third kappa shape index (κ3) is 3.63. The van der Waals surface area contributed by atoms with Crippen LogP contribution in [0.15, 0.2) is 18.2 Å². The van der Waals surface area contributed by atoms with Crippen LogP contribution in [-0.4, -0.2) is 43.0 Å². The van der Waals surface area contributed by atoms with E-state index in [1.54, 1.807) is 6.07 Å². The first kappa shape index (κ1) is 16.6. The van der Waals surface area contributed by atoms with Crippen LogP contribution < -0.4 is 14.8 Å². The van der Waals surface area contributed by atoms with Gasteiger partial charge in [0.1, 0.15) is 13.2 Å². The van der Waals surface area contributed by atoms with Crippen molar-refractivity contribution in [3.63, 3.8) is 0 Å². The number of nitrogens with one attached hydrogen (secondary N) is 1. The molecule has 1 aromatic rings. The zero-order valence-corrected chi connectivity index (χ0v) is 14.2. The van der Waals surface area contributed by atoms with Crippen molar-refractivity contribution < 1.29 is 19.1 Å². The van der Waals surface area contributed by atoms with Gasteiger partial charge in [0.05, 0.1) is 0 Å². The van der Waals surface area contributed by atoms with Crippen LogP contribution in [0.1, 0.15) is 26.7 Å². The van der Waals surface area contributed by atoms with Gasteiger partial charge in [-0.25, -0.2) is 0 Å². The van der Waals surface area contributed by atoms with E-state index in [4.69, 9.17) is 9.47 Å². The largest absolute Gasteiger partial charge is 0.486 e. The highest BCUT2D eigenvalue weighted by Gasteiger charge is 2.28. The summed E-state index contributed by atoms with van der Waals surface area (Å²) >= 11 is 0. The quantitative estimate of drug-likeness (QED) is 0.922. The van der Waals surface area contributed by atoms with Gasteiger partial charge < -0.3 is 19.7 Å². The molecule has 2 amide bonds. The summed E-state index contributed by atoms with van der Waals surface area (Å²) in [6, 6.07) is 5.43. The topological polar surface area (TPSA) is 67.9 Å². The molecular weight excluding hydrogens is 308 g/mol. The Balaban J connectivity index is 1.55. The molecule has 0 spiro atoms. The molecule has 1 saturated heterocycles. The van der Waals surface area contributed by atoms with Gasteiger partial charge in [-0.05, 0) is 25.0 Å². The highest BCUT2D eigenvalue weighted by atomic mass is 16.6. The molecule has 0 bridgehead atoms. The van der Waals surface area contributed by atoms with Crippen LogP contribution in [0, 0.1) is 11.8 Å². The normalized spacial score (nSPS) is 17.7. The minimum atomic E-state index is -0.0607. The number of amides is 2. The predicted octanol–water partition coefficient (Wildman–Crippen LogP) is 2.29. The molecule has 1 N–H and O–H groups in total. The van der Waals surface area contributed by atoms with E-state index in [1.807, 2.05) is 30.9 Å². The van der Waals surface area contributed by atoms with Crippen LogP contribution in [0.3, 0.4) is 0 Å². The standard InChI is InChI=1S/C18H24N2O4/c1-12(2)18(22)20-7-5-13(6-8-20)17(21)19-14-3-4-15-16(11-14)24-10-9-23-15/h3-4,11-13H,5-10H2,1-2H3,(H,19,21). The molecular formula is C18H24N2O4. The van der Waals surface area contributed by atoms with E-state index in [-0.39, 0.29) is 23.7 Å². The fourth-order valence-electron chi connectivity index (χ4n) is 3.09. The van der Waals surface area contributed by atoms with E-state index in [1.165, 1.54) is 0 Å². The van der Waals surface area contributed by atoms with Crippen molar-refractivity contribution in [2.75, 3.05) is 31.6 Å². The Morgan fingerprint density at radius 2 is 1.79 bits per heavy atom. The highest BCUT2D eigenvalue weighted by Crippen LogP contribution is 2.33. The molecule has 3 rings (SSSR count). The SMILES string of the molecule is CC(C)C(=O)N1CCC(C(=O)Nc2ccc3c(c2)OCCO3)CC1. The minimum absolute atomic E-state index is 0.00308. The van der Waals surface area contributed by atoms with Gasteiger partial charge in [0, 0.05) is 36.7 Å². The monoisotopic (exact) mass is 332 g/mol. The number of likely N-dealkylation sites (tertiary alicyclic amines) is 1. The molecule has 2 heterocycles. The number of ether oxygens (including phenoxy) is 2. The summed E-state index contributed by atoms with van der Waals surface area (Å²) in [5.74, 6) is 1.49. The van der Waals surface area contributed by atoms with E-state index >= 15 is 0 Å². The third-order valence-corrected chi connectivity index (χ3v) is 4.48. The molecule has 0 radical (unpaired) electrons. The minimum Gasteiger partial charge on any atom is -0.486 e. The number of piperidine rings is 1. The Morgan fingerprint density at radius 3 is 2.46 bits per heavy atom. The average molecular weight is 332 g/mol. The summed E-state index contributed by atoms with van der Waals surface area (Å²) in [5, 5.41) is 2.95. The number of nitrogens with zero attached hydrogens (tertiary/aromatic N) is 1. The van der Waals surface area contributed by atoms with Crippen molar-refractivity contribution in [1.82, 2.24) is 4.90 Å². The van der Waals surface area contributed by atoms with E-state index in [0.29, 0.717) is 56.3 Å². The van der Waals surface area contributed by atoms with Gasteiger partial charge >= 0.3 is 0 Å². The number of carbonyl (C=O) groups excluding carboxylic acids is 2. The lowest BCUT2D eigenvalue weighted by Gasteiger charge is -2.32. The smallest absolute Gasteiger partial charge is 0.227 e. The molecule has 1 aromatic carbocycles. The van der Waals surface area contributed by atoms with Crippen LogP contribution in [0.4, 0.5) is 5.69 Å². The highest BCUT2D eigenvalue weighted by molar-refractivity contribution is 5.93. The molecule has 1 fully saturated rings. The van der Waals surface area contributed by atoms with Gasteiger partial charge in [0.25, 0.3) is 0 Å². The van der Waals surface area contributed by atoms with Crippen LogP contribution >= 0.6 is 0 Å². The third-order valence-electron chi connectivity index (χ3n) is 4.48. The molecule has 6 heteroatoms. The molecule has 0 atom stereocenters. The second-order valence-electron chi connectivity index (χ2n) is 6.60. The molecule has 0 aliphatic carbocycles. The lowest BCUT2D eigenvalue weighted by atomic mass is 9.95. The van der Waals surface area contributed by atoms with Gasteiger partial charge in [-0.3, -0.25) is 9.59 Å². The summed E-state index contributed by atoms with van der Waals surface area (Å²) in [5.41, 5.74) is 0.713. The van der Waals surface area contributed by atoms with Gasteiger partial charge in [0.2, 0.25) is 11.8 Å². The fraction of sp³-hybridized carbons (Fsp3) is 0.556. The Morgan fingerprint density at radius 1 is 1.12 bits per heavy atom. The van der Waals surface area contributed by atoms with Gasteiger partial charge in [-0.1, -0.05) is 13.8 Å². The lowest BCUT2D eigenvalue weighted by molar-refractivity contribution is -0.137. The first-order valence-corrected chi connectivity index (χ1v) is 8.54. The van der Waals surface area contributed by atoms with Gasteiger partial charge in [0.15, 0.2) is 11.5 Å². The summed E-state index contributed by atoms with van der Waals surface area (Å²) in [4.78, 5) is 26.3. The van der Waals surface area contributed by atoms with Crippen molar-refractivity contribution in [3.05, 3.63) is 18.2 Å². The summed E-state index contributed by atoms with van der Waals surface area (Å²) in [7, 11) is 0. The maximum Gasteiger partial charge on any atom is 0.227 e. The maximum absolute atomic E-state index is 12.5. The van der Waals surface area contributed by atoms with Crippen LogP contribution in [0.25, 0.3) is 0 Å². The molecule has 0 aromatic heterocycles. The molecule has 2 aliphatic rings. The number of fused-ring (bicyclic) bond motifs is 1. The van der Waals surface area contributed by atoms with E-state index in [9.17, 15) is 9.59 Å². The molecule has 24 heavy (non-hydrogen) atoms. The lowest BCUT2D eigenvalue weighted by Crippen LogP contribution is -2.43. The number of rotatable bonds is 3. The van der Waals surface area contributed by atoms with Crippen LogP contribution in [0.5, 0.6) is 11.5 Å². The number of anilines is 1. The second-order valence-corrected chi connectivity index (χ2v) is 6.60. The van der Waals surface area contributed by atoms with Crippen molar-refractivity contribution in [3.8, 4) is 11.5 Å². The number of hydrogen-bond acceptors (Lipinski definition) is 4. The number of carbonyl (C=O) groups is 2. The first-order chi connectivity index (χ1) is 11.5. The Bertz CT molecular complexity index is 621. The molecule has 130 valence electrons. The van der Waals surface area contributed by atoms with Crippen molar-refractivity contribution in [2.45, 2.75) is 26.7 Å². The maximum atomic E-state index is 12.5. The molecule has 0 unspecified atom stereocenters. The zero-order chi connectivity index (χ0) is 17.1. The first-order valence-electron chi connectivity index (χ1n) is 8.54. The van der Waals surface area contributed by atoms with Crippen molar-refractivity contribution in [1.29, 1.82) is 0 Å². The van der Waals surface area contributed by atoms with Crippen LogP contribution in [0.2, 0.25) is 0 Å². The van der Waals surface area contributed by atoms with E-state index in [0.717, 1.165) is 0 Å². The Labute approximate surface area is 142 Å². The second kappa shape index (κ2) is 7.11. The average Bonchev–Trinajstić information content (AvgIpc) is 2.61. The fourth-order valence-corrected chi connectivity index (χ4v) is 3.09. The summed E-state index contributed by atoms with van der Waals surface area (Å²) < 4.78 is 11.0. The van der Waals surface area contributed by atoms with E-state index in [2.05, 4.69) is 5.32 Å². The Hall–Kier alpha value is -2.24. The number of hydrogen-bond donors (Lipinski definition) is 1. The summed E-state index contributed by atoms with van der Waals surface area (Å²) in [6.45, 7) is 6.18. The van der Waals surface area contributed by atoms with Gasteiger partial charge in [-0.15, -0.1) is 0 Å². The Kier molecular flexibility index (Phi) is 4.92. The van der Waals surface area contributed by atoms with Crippen molar-refractivity contribution >= 4 is 17.5 Å². The molecule has 0 saturated carbocycles. The van der Waals surface area contributed by atoms with Crippen molar-refractivity contribution in [2.24, 2.45) is 11.8 Å². The molecule has 2 aliphatic heterocycles.